The highest BCUT2D eigenvalue weighted by atomic mass is 16.5. The number of methoxy groups -OCH3 is 1. The predicted molar refractivity (Wildman–Crippen MR) is 80.2 cm³/mol. The molecule has 4 heteroatoms. The molecule has 0 spiro atoms. The van der Waals surface area contributed by atoms with Gasteiger partial charge in [-0.15, -0.1) is 0 Å². The summed E-state index contributed by atoms with van der Waals surface area (Å²) in [6, 6.07) is 5.72. The van der Waals surface area contributed by atoms with E-state index in [-0.39, 0.29) is 5.97 Å². The van der Waals surface area contributed by atoms with E-state index >= 15 is 0 Å². The number of carbonyl (C=O) groups is 1. The Morgan fingerprint density at radius 3 is 2.81 bits per heavy atom. The Bertz CT molecular complexity index is 512. The summed E-state index contributed by atoms with van der Waals surface area (Å²) in [5.74, 6) is -0.124. The monoisotopic (exact) mass is 292 g/mol. The van der Waals surface area contributed by atoms with E-state index in [2.05, 4.69) is 0 Å². The lowest BCUT2D eigenvalue weighted by Gasteiger charge is -2.32. The zero-order valence-corrected chi connectivity index (χ0v) is 13.0. The number of ether oxygens (including phenoxy) is 2. The summed E-state index contributed by atoms with van der Waals surface area (Å²) in [6.45, 7) is 4.13. The van der Waals surface area contributed by atoms with Crippen molar-refractivity contribution in [3.8, 4) is 5.75 Å². The molecule has 2 atom stereocenters. The third kappa shape index (κ3) is 2.91. The van der Waals surface area contributed by atoms with Crippen LogP contribution in [0.25, 0.3) is 0 Å². The summed E-state index contributed by atoms with van der Waals surface area (Å²) in [7, 11) is 1.60. The summed E-state index contributed by atoms with van der Waals surface area (Å²) in [4.78, 5) is 12.3. The molecule has 0 bridgehead atoms. The molecule has 1 aromatic carbocycles. The average Bonchev–Trinajstić information content (AvgIpc) is 2.82. The number of benzene rings is 1. The fraction of sp³-hybridized carbons (Fsp3) is 0.588. The van der Waals surface area contributed by atoms with E-state index in [1.54, 1.807) is 14.0 Å². The second-order valence-electron chi connectivity index (χ2n) is 5.54. The molecule has 0 radical (unpaired) electrons. The molecule has 1 aromatic rings. The first-order valence-corrected chi connectivity index (χ1v) is 7.63. The summed E-state index contributed by atoms with van der Waals surface area (Å²) in [5.41, 5.74) is 0.753. The van der Waals surface area contributed by atoms with Gasteiger partial charge < -0.3 is 14.6 Å². The smallest absolute Gasteiger partial charge is 0.312 e. The van der Waals surface area contributed by atoms with Gasteiger partial charge in [0.25, 0.3) is 0 Å². The van der Waals surface area contributed by atoms with Crippen LogP contribution >= 0.6 is 0 Å². The first-order chi connectivity index (χ1) is 10.1. The number of hydrogen-bond donors (Lipinski definition) is 1. The van der Waals surface area contributed by atoms with Crippen LogP contribution in [0.3, 0.4) is 0 Å². The second kappa shape index (κ2) is 6.48. The van der Waals surface area contributed by atoms with E-state index in [1.807, 2.05) is 25.1 Å². The van der Waals surface area contributed by atoms with Crippen molar-refractivity contribution < 1.29 is 19.4 Å². The Hall–Kier alpha value is -1.55. The lowest BCUT2D eigenvalue weighted by Crippen LogP contribution is -2.39. The third-order valence-electron chi connectivity index (χ3n) is 4.28. The largest absolute Gasteiger partial charge is 0.497 e. The molecule has 1 N–H and O–H groups in total. The van der Waals surface area contributed by atoms with Gasteiger partial charge in [-0.25, -0.2) is 0 Å². The molecule has 0 aliphatic heterocycles. The molecule has 0 amide bonds. The molecule has 116 valence electrons. The van der Waals surface area contributed by atoms with Crippen molar-refractivity contribution in [2.24, 2.45) is 5.92 Å². The number of aliphatic hydroxyl groups is 1. The van der Waals surface area contributed by atoms with E-state index in [4.69, 9.17) is 9.47 Å². The number of esters is 1. The molecule has 0 fully saturated rings. The quantitative estimate of drug-likeness (QED) is 0.819. The SMILES string of the molecule is CCCC(C(=O)OCC)C1(O)CCc2ccc(OC)cc21. The van der Waals surface area contributed by atoms with E-state index in [9.17, 15) is 9.90 Å². The number of carbonyl (C=O) groups excluding carboxylic acids is 1. The van der Waals surface area contributed by atoms with Crippen molar-refractivity contribution in [2.75, 3.05) is 13.7 Å². The first-order valence-electron chi connectivity index (χ1n) is 7.63. The highest BCUT2D eigenvalue weighted by Gasteiger charge is 2.47. The highest BCUT2D eigenvalue weighted by Crippen LogP contribution is 2.45. The van der Waals surface area contributed by atoms with Crippen LogP contribution in [0.2, 0.25) is 0 Å². The van der Waals surface area contributed by atoms with Gasteiger partial charge >= 0.3 is 5.97 Å². The Kier molecular flexibility index (Phi) is 4.88. The van der Waals surface area contributed by atoms with Gasteiger partial charge in [0.2, 0.25) is 0 Å². The molecule has 0 saturated carbocycles. The van der Waals surface area contributed by atoms with Crippen LogP contribution in [-0.4, -0.2) is 24.8 Å². The van der Waals surface area contributed by atoms with Gasteiger partial charge in [0.15, 0.2) is 0 Å². The predicted octanol–water partition coefficient (Wildman–Crippen LogP) is 2.81. The van der Waals surface area contributed by atoms with Crippen LogP contribution in [0.1, 0.15) is 44.2 Å². The topological polar surface area (TPSA) is 55.8 Å². The fourth-order valence-electron chi connectivity index (χ4n) is 3.21. The van der Waals surface area contributed by atoms with Crippen molar-refractivity contribution in [1.29, 1.82) is 0 Å². The van der Waals surface area contributed by atoms with Crippen LogP contribution in [0.15, 0.2) is 18.2 Å². The standard InChI is InChI=1S/C17H24O4/c1-4-6-14(16(18)21-5-2)17(19)10-9-12-7-8-13(20-3)11-15(12)17/h7-8,11,14,19H,4-6,9-10H2,1-3H3. The molecule has 0 aromatic heterocycles. The molecule has 4 nitrogen and oxygen atoms in total. The van der Waals surface area contributed by atoms with Crippen molar-refractivity contribution >= 4 is 5.97 Å². The van der Waals surface area contributed by atoms with Crippen molar-refractivity contribution in [2.45, 2.75) is 45.1 Å². The first kappa shape index (κ1) is 15.8. The molecule has 2 rings (SSSR count). The molecular weight excluding hydrogens is 268 g/mol. The minimum Gasteiger partial charge on any atom is -0.497 e. The van der Waals surface area contributed by atoms with Gasteiger partial charge in [0.1, 0.15) is 11.4 Å². The van der Waals surface area contributed by atoms with Crippen LogP contribution < -0.4 is 4.74 Å². The van der Waals surface area contributed by atoms with Crippen LogP contribution in [0.5, 0.6) is 5.75 Å². The summed E-state index contributed by atoms with van der Waals surface area (Å²) >= 11 is 0. The van der Waals surface area contributed by atoms with E-state index in [1.165, 1.54) is 0 Å². The van der Waals surface area contributed by atoms with Crippen LogP contribution in [-0.2, 0) is 21.6 Å². The number of aryl methyl sites for hydroxylation is 1. The lowest BCUT2D eigenvalue weighted by molar-refractivity contribution is -0.160. The molecular formula is C17H24O4. The van der Waals surface area contributed by atoms with Crippen LogP contribution in [0.4, 0.5) is 0 Å². The molecule has 0 heterocycles. The van der Waals surface area contributed by atoms with Gasteiger partial charge in [0, 0.05) is 0 Å². The highest BCUT2D eigenvalue weighted by molar-refractivity contribution is 5.75. The van der Waals surface area contributed by atoms with Gasteiger partial charge in [-0.1, -0.05) is 19.4 Å². The fourth-order valence-corrected chi connectivity index (χ4v) is 3.21. The number of rotatable bonds is 6. The minimum atomic E-state index is -1.15. The summed E-state index contributed by atoms with van der Waals surface area (Å²) in [6.07, 6.45) is 2.77. The Morgan fingerprint density at radius 1 is 1.43 bits per heavy atom. The molecule has 0 saturated heterocycles. The third-order valence-corrected chi connectivity index (χ3v) is 4.28. The van der Waals surface area contributed by atoms with Crippen molar-refractivity contribution in [3.05, 3.63) is 29.3 Å². The maximum atomic E-state index is 12.3. The number of fused-ring (bicyclic) bond motifs is 1. The Morgan fingerprint density at radius 2 is 2.19 bits per heavy atom. The zero-order chi connectivity index (χ0) is 15.5. The van der Waals surface area contributed by atoms with Gasteiger partial charge in [-0.05, 0) is 49.4 Å². The lowest BCUT2D eigenvalue weighted by atomic mass is 9.79. The van der Waals surface area contributed by atoms with Crippen LogP contribution in [0, 0.1) is 5.92 Å². The molecule has 21 heavy (non-hydrogen) atoms. The van der Waals surface area contributed by atoms with E-state index in [0.29, 0.717) is 25.2 Å². The number of hydrogen-bond acceptors (Lipinski definition) is 4. The van der Waals surface area contributed by atoms with Gasteiger partial charge in [-0.3, -0.25) is 4.79 Å². The average molecular weight is 292 g/mol. The summed E-state index contributed by atoms with van der Waals surface area (Å²) < 4.78 is 10.4. The van der Waals surface area contributed by atoms with Crippen molar-refractivity contribution in [1.82, 2.24) is 0 Å². The normalized spacial score (nSPS) is 21.7. The zero-order valence-electron chi connectivity index (χ0n) is 13.0. The summed E-state index contributed by atoms with van der Waals surface area (Å²) in [5, 5.41) is 11.2. The van der Waals surface area contributed by atoms with Gasteiger partial charge in [-0.2, -0.15) is 0 Å². The van der Waals surface area contributed by atoms with Crippen molar-refractivity contribution in [3.63, 3.8) is 0 Å². The maximum Gasteiger partial charge on any atom is 0.312 e. The van der Waals surface area contributed by atoms with E-state index < -0.39 is 11.5 Å². The Labute approximate surface area is 126 Å². The molecule has 1 aliphatic carbocycles. The van der Waals surface area contributed by atoms with E-state index in [0.717, 1.165) is 24.0 Å². The van der Waals surface area contributed by atoms with Gasteiger partial charge in [0.05, 0.1) is 19.6 Å². The molecule has 1 aliphatic rings. The molecule has 2 unspecified atom stereocenters. The second-order valence-corrected chi connectivity index (χ2v) is 5.54. The maximum absolute atomic E-state index is 12.3. The Balaban J connectivity index is 2.39. The minimum absolute atomic E-state index is 0.308.